The highest BCUT2D eigenvalue weighted by Gasteiger charge is 2.09. The Balaban J connectivity index is 1.87. The summed E-state index contributed by atoms with van der Waals surface area (Å²) in [6.07, 6.45) is 3.62. The van der Waals surface area contributed by atoms with E-state index in [1.807, 2.05) is 49.8 Å². The highest BCUT2D eigenvalue weighted by atomic mass is 32.1. The number of nitrogen functional groups attached to an aromatic ring is 1. The molecule has 0 aliphatic rings. The zero-order valence-corrected chi connectivity index (χ0v) is 11.4. The topological polar surface area (TPSA) is 55.0 Å². The van der Waals surface area contributed by atoms with Gasteiger partial charge in [-0.25, -0.2) is 4.98 Å². The average Bonchev–Trinajstić information content (AvgIpc) is 2.83. The minimum atomic E-state index is 0.777. The van der Waals surface area contributed by atoms with Crippen molar-refractivity contribution in [3.05, 3.63) is 48.3 Å². The molecule has 0 aliphatic carbocycles. The van der Waals surface area contributed by atoms with Gasteiger partial charge in [0.2, 0.25) is 0 Å². The first kappa shape index (κ1) is 11.9. The lowest BCUT2D eigenvalue weighted by atomic mass is 10.2. The predicted octanol–water partition coefficient (Wildman–Crippen LogP) is 2.91. The molecule has 2 heterocycles. The van der Waals surface area contributed by atoms with E-state index in [-0.39, 0.29) is 0 Å². The van der Waals surface area contributed by atoms with Crippen molar-refractivity contribution >= 4 is 32.4 Å². The lowest BCUT2D eigenvalue weighted by molar-refractivity contribution is 0.914. The van der Waals surface area contributed by atoms with Crippen LogP contribution in [-0.2, 0) is 6.54 Å². The average molecular weight is 270 g/mol. The Bertz CT molecular complexity index is 693. The molecular formula is C14H14N4S. The van der Waals surface area contributed by atoms with Crippen LogP contribution >= 0.6 is 11.3 Å². The fourth-order valence-electron chi connectivity index (χ4n) is 1.92. The van der Waals surface area contributed by atoms with Crippen molar-refractivity contribution in [3.63, 3.8) is 0 Å². The first-order chi connectivity index (χ1) is 9.22. The molecule has 0 saturated carbocycles. The van der Waals surface area contributed by atoms with E-state index < -0.39 is 0 Å². The van der Waals surface area contributed by atoms with Gasteiger partial charge in [0, 0.05) is 31.7 Å². The van der Waals surface area contributed by atoms with Crippen molar-refractivity contribution in [2.75, 3.05) is 17.7 Å². The number of thiazole rings is 1. The first-order valence-electron chi connectivity index (χ1n) is 5.98. The van der Waals surface area contributed by atoms with Gasteiger partial charge in [-0.05, 0) is 35.9 Å². The number of nitrogens with zero attached hydrogens (tertiary/aromatic N) is 3. The molecule has 3 aromatic rings. The van der Waals surface area contributed by atoms with E-state index in [2.05, 4.69) is 14.9 Å². The van der Waals surface area contributed by atoms with Crippen LogP contribution in [0.3, 0.4) is 0 Å². The summed E-state index contributed by atoms with van der Waals surface area (Å²) < 4.78 is 1.12. The minimum Gasteiger partial charge on any atom is -0.399 e. The molecule has 3 rings (SSSR count). The van der Waals surface area contributed by atoms with Crippen molar-refractivity contribution < 1.29 is 0 Å². The molecule has 0 saturated heterocycles. The Kier molecular flexibility index (Phi) is 3.05. The Hall–Kier alpha value is -2.14. The Morgan fingerprint density at radius 2 is 2.00 bits per heavy atom. The number of anilines is 2. The maximum Gasteiger partial charge on any atom is 0.186 e. The third kappa shape index (κ3) is 2.51. The van der Waals surface area contributed by atoms with Gasteiger partial charge in [0.15, 0.2) is 5.13 Å². The Labute approximate surface area is 115 Å². The van der Waals surface area contributed by atoms with Crippen molar-refractivity contribution in [1.82, 2.24) is 9.97 Å². The van der Waals surface area contributed by atoms with Crippen molar-refractivity contribution in [3.8, 4) is 0 Å². The van der Waals surface area contributed by atoms with Crippen molar-refractivity contribution in [2.24, 2.45) is 0 Å². The molecule has 0 spiro atoms. The molecule has 96 valence electrons. The van der Waals surface area contributed by atoms with Crippen LogP contribution in [-0.4, -0.2) is 17.0 Å². The van der Waals surface area contributed by atoms with Crippen LogP contribution in [0.4, 0.5) is 10.8 Å². The lowest BCUT2D eigenvalue weighted by Crippen LogP contribution is -2.15. The molecular weight excluding hydrogens is 256 g/mol. The van der Waals surface area contributed by atoms with Crippen LogP contribution in [0, 0.1) is 0 Å². The molecule has 5 heteroatoms. The summed E-state index contributed by atoms with van der Waals surface area (Å²) in [7, 11) is 2.04. The van der Waals surface area contributed by atoms with E-state index >= 15 is 0 Å². The highest BCUT2D eigenvalue weighted by Crippen LogP contribution is 2.30. The van der Waals surface area contributed by atoms with Crippen LogP contribution in [0.2, 0.25) is 0 Å². The number of aromatic nitrogens is 2. The van der Waals surface area contributed by atoms with Gasteiger partial charge in [0.1, 0.15) is 0 Å². The van der Waals surface area contributed by atoms with E-state index in [9.17, 15) is 0 Å². The van der Waals surface area contributed by atoms with E-state index in [0.29, 0.717) is 0 Å². The second-order valence-electron chi connectivity index (χ2n) is 4.44. The fourth-order valence-corrected chi connectivity index (χ4v) is 2.90. The second kappa shape index (κ2) is 4.85. The molecule has 2 N–H and O–H groups in total. The number of nitrogens with two attached hydrogens (primary N) is 1. The quantitative estimate of drug-likeness (QED) is 0.743. The smallest absolute Gasteiger partial charge is 0.186 e. The van der Waals surface area contributed by atoms with Crippen LogP contribution < -0.4 is 10.6 Å². The Morgan fingerprint density at radius 1 is 1.21 bits per heavy atom. The number of pyridine rings is 1. The summed E-state index contributed by atoms with van der Waals surface area (Å²) in [4.78, 5) is 10.8. The molecule has 0 atom stereocenters. The largest absolute Gasteiger partial charge is 0.399 e. The third-order valence-electron chi connectivity index (χ3n) is 2.90. The molecule has 0 bridgehead atoms. The summed E-state index contributed by atoms with van der Waals surface area (Å²) >= 11 is 1.66. The minimum absolute atomic E-state index is 0.777. The standard InChI is InChI=1S/C14H14N4S/c1-18(9-10-4-6-16-7-5-10)14-17-12-3-2-11(15)8-13(12)19-14/h2-8H,9,15H2,1H3. The molecule has 4 nitrogen and oxygen atoms in total. The van der Waals surface area contributed by atoms with Crippen molar-refractivity contribution in [2.45, 2.75) is 6.54 Å². The lowest BCUT2D eigenvalue weighted by Gasteiger charge is -2.15. The van der Waals surface area contributed by atoms with E-state index in [1.54, 1.807) is 11.3 Å². The summed E-state index contributed by atoms with van der Waals surface area (Å²) in [5, 5.41) is 0.998. The zero-order valence-electron chi connectivity index (χ0n) is 10.6. The maximum absolute atomic E-state index is 5.79. The summed E-state index contributed by atoms with van der Waals surface area (Å²) in [6.45, 7) is 0.817. The zero-order chi connectivity index (χ0) is 13.2. The van der Waals surface area contributed by atoms with Crippen molar-refractivity contribution in [1.29, 1.82) is 0 Å². The van der Waals surface area contributed by atoms with Gasteiger partial charge >= 0.3 is 0 Å². The van der Waals surface area contributed by atoms with Gasteiger partial charge in [0.25, 0.3) is 0 Å². The van der Waals surface area contributed by atoms with Gasteiger partial charge < -0.3 is 10.6 Å². The Morgan fingerprint density at radius 3 is 2.79 bits per heavy atom. The number of rotatable bonds is 3. The van der Waals surface area contributed by atoms with Gasteiger partial charge in [-0.2, -0.15) is 0 Å². The molecule has 0 aliphatic heterocycles. The SMILES string of the molecule is CN(Cc1ccncc1)c1nc2ccc(N)cc2s1. The monoisotopic (exact) mass is 270 g/mol. The number of benzene rings is 1. The van der Waals surface area contributed by atoms with Crippen LogP contribution in [0.5, 0.6) is 0 Å². The number of hydrogen-bond acceptors (Lipinski definition) is 5. The predicted molar refractivity (Wildman–Crippen MR) is 80.4 cm³/mol. The summed E-state index contributed by atoms with van der Waals surface area (Å²) in [6, 6.07) is 9.85. The van der Waals surface area contributed by atoms with Gasteiger partial charge in [0.05, 0.1) is 10.2 Å². The highest BCUT2D eigenvalue weighted by molar-refractivity contribution is 7.22. The van der Waals surface area contributed by atoms with E-state index in [1.165, 1.54) is 5.56 Å². The molecule has 2 aromatic heterocycles. The molecule has 19 heavy (non-hydrogen) atoms. The molecule has 0 amide bonds. The first-order valence-corrected chi connectivity index (χ1v) is 6.80. The van der Waals surface area contributed by atoms with Crippen LogP contribution in [0.25, 0.3) is 10.2 Å². The third-order valence-corrected chi connectivity index (χ3v) is 4.03. The summed E-state index contributed by atoms with van der Waals surface area (Å²) in [5.74, 6) is 0. The number of fused-ring (bicyclic) bond motifs is 1. The molecule has 0 radical (unpaired) electrons. The van der Waals surface area contributed by atoms with Crippen LogP contribution in [0.15, 0.2) is 42.7 Å². The van der Waals surface area contributed by atoms with E-state index in [4.69, 9.17) is 5.73 Å². The molecule has 0 unspecified atom stereocenters. The van der Waals surface area contributed by atoms with Gasteiger partial charge in [-0.3, -0.25) is 4.98 Å². The number of hydrogen-bond donors (Lipinski definition) is 1. The van der Waals surface area contributed by atoms with Crippen LogP contribution in [0.1, 0.15) is 5.56 Å². The maximum atomic E-state index is 5.79. The summed E-state index contributed by atoms with van der Waals surface area (Å²) in [5.41, 5.74) is 8.78. The van der Waals surface area contributed by atoms with Gasteiger partial charge in [-0.1, -0.05) is 11.3 Å². The molecule has 1 aromatic carbocycles. The van der Waals surface area contributed by atoms with Gasteiger partial charge in [-0.15, -0.1) is 0 Å². The van der Waals surface area contributed by atoms with E-state index in [0.717, 1.165) is 27.6 Å². The second-order valence-corrected chi connectivity index (χ2v) is 5.44. The normalized spacial score (nSPS) is 10.8. The fraction of sp³-hybridized carbons (Fsp3) is 0.143. The molecule has 0 fully saturated rings.